The van der Waals surface area contributed by atoms with Gasteiger partial charge in [-0.2, -0.15) is 13.2 Å². The first-order chi connectivity index (χ1) is 15.5. The number of hydrogen-bond donors (Lipinski definition) is 2. The summed E-state index contributed by atoms with van der Waals surface area (Å²) in [5, 5.41) is 3.65. The van der Waals surface area contributed by atoms with E-state index in [-0.39, 0.29) is 23.1 Å². The number of benzene rings is 1. The Labute approximate surface area is 187 Å². The number of nitrogens with two attached hydrogens (primary N) is 1. The summed E-state index contributed by atoms with van der Waals surface area (Å²) < 4.78 is 52.3. The Balaban J connectivity index is 1.75. The number of aryl methyl sites for hydroxylation is 2. The fraction of sp³-hybridized carbons (Fsp3) is 0.409. The van der Waals surface area contributed by atoms with Gasteiger partial charge in [-0.15, -0.1) is 0 Å². The molecule has 2 aromatic heterocycles. The zero-order valence-corrected chi connectivity index (χ0v) is 18.4. The minimum Gasteiger partial charge on any atom is -0.482 e. The van der Waals surface area contributed by atoms with Gasteiger partial charge in [-0.3, -0.25) is 9.36 Å². The van der Waals surface area contributed by atoms with Gasteiger partial charge in [0, 0.05) is 25.2 Å². The lowest BCUT2D eigenvalue weighted by molar-refractivity contribution is -0.137. The Morgan fingerprint density at radius 2 is 2.03 bits per heavy atom. The molecule has 33 heavy (non-hydrogen) atoms. The number of ether oxygens (including phenoxy) is 2. The van der Waals surface area contributed by atoms with E-state index in [4.69, 9.17) is 15.2 Å². The van der Waals surface area contributed by atoms with E-state index >= 15 is 0 Å². The first-order valence-electron chi connectivity index (χ1n) is 10.4. The van der Waals surface area contributed by atoms with Crippen molar-refractivity contribution in [3.63, 3.8) is 0 Å². The van der Waals surface area contributed by atoms with Crippen LogP contribution in [0.2, 0.25) is 0 Å². The highest BCUT2D eigenvalue weighted by molar-refractivity contribution is 5.88. The van der Waals surface area contributed by atoms with Crippen LogP contribution in [0.25, 0.3) is 11.0 Å². The summed E-state index contributed by atoms with van der Waals surface area (Å²) in [5.41, 5.74) is 5.27. The van der Waals surface area contributed by atoms with Crippen LogP contribution >= 0.6 is 0 Å². The van der Waals surface area contributed by atoms with E-state index in [0.29, 0.717) is 47.9 Å². The predicted molar refractivity (Wildman–Crippen MR) is 117 cm³/mol. The zero-order chi connectivity index (χ0) is 23.9. The van der Waals surface area contributed by atoms with Crippen LogP contribution in [0, 0.1) is 6.92 Å². The number of halogens is 3. The van der Waals surface area contributed by atoms with Gasteiger partial charge in [-0.05, 0) is 37.6 Å². The minimum absolute atomic E-state index is 0.00839. The van der Waals surface area contributed by atoms with E-state index in [2.05, 4.69) is 15.3 Å². The Morgan fingerprint density at radius 1 is 1.27 bits per heavy atom. The van der Waals surface area contributed by atoms with E-state index < -0.39 is 17.8 Å². The lowest BCUT2D eigenvalue weighted by Gasteiger charge is -2.20. The third-order valence-corrected chi connectivity index (χ3v) is 5.49. The molecule has 1 saturated heterocycles. The van der Waals surface area contributed by atoms with E-state index in [1.54, 1.807) is 27.0 Å². The number of anilines is 2. The smallest absolute Gasteiger partial charge is 0.416 e. The highest BCUT2D eigenvalue weighted by Crippen LogP contribution is 2.34. The van der Waals surface area contributed by atoms with Gasteiger partial charge in [-0.25, -0.2) is 9.97 Å². The summed E-state index contributed by atoms with van der Waals surface area (Å²) in [5.74, 6) is 0.893. The number of aromatic nitrogens is 3. The molecule has 0 unspecified atom stereocenters. The summed E-state index contributed by atoms with van der Waals surface area (Å²) >= 11 is 0. The Kier molecular flexibility index (Phi) is 5.91. The first-order valence-corrected chi connectivity index (χ1v) is 10.4. The molecule has 3 heterocycles. The highest BCUT2D eigenvalue weighted by Gasteiger charge is 2.31. The molecular weight excluding hydrogens is 439 g/mol. The molecule has 0 radical (unpaired) electrons. The van der Waals surface area contributed by atoms with Gasteiger partial charge < -0.3 is 20.5 Å². The average molecular weight is 463 g/mol. The summed E-state index contributed by atoms with van der Waals surface area (Å²) in [7, 11) is 1.58. The van der Waals surface area contributed by atoms with Crippen LogP contribution in [0.15, 0.2) is 29.1 Å². The van der Waals surface area contributed by atoms with E-state index in [0.717, 1.165) is 12.1 Å². The molecule has 0 aliphatic carbocycles. The molecule has 176 valence electrons. The number of nitrogens with zero attached hydrogens (tertiary/aromatic N) is 3. The summed E-state index contributed by atoms with van der Waals surface area (Å²) in [6.07, 6.45) is -4.08. The molecule has 1 fully saturated rings. The van der Waals surface area contributed by atoms with Crippen molar-refractivity contribution in [2.45, 2.75) is 38.6 Å². The van der Waals surface area contributed by atoms with Gasteiger partial charge in [0.2, 0.25) is 0 Å². The molecule has 0 spiro atoms. The molecule has 1 aromatic carbocycles. The molecule has 1 aliphatic rings. The molecule has 4 rings (SSSR count). The minimum atomic E-state index is -4.52. The zero-order valence-electron chi connectivity index (χ0n) is 18.4. The fourth-order valence-corrected chi connectivity index (χ4v) is 3.77. The van der Waals surface area contributed by atoms with Gasteiger partial charge in [0.15, 0.2) is 5.75 Å². The van der Waals surface area contributed by atoms with Crippen LogP contribution in [0.1, 0.15) is 36.3 Å². The van der Waals surface area contributed by atoms with Crippen molar-refractivity contribution in [3.8, 4) is 5.75 Å². The second kappa shape index (κ2) is 8.54. The van der Waals surface area contributed by atoms with Crippen LogP contribution in [-0.4, -0.2) is 33.9 Å². The molecule has 1 aliphatic heterocycles. The average Bonchev–Trinajstić information content (AvgIpc) is 3.24. The number of nitrogens with one attached hydrogen (secondary N) is 1. The van der Waals surface area contributed by atoms with Gasteiger partial charge in [-0.1, -0.05) is 0 Å². The van der Waals surface area contributed by atoms with Crippen molar-refractivity contribution in [2.75, 3.05) is 24.3 Å². The maximum atomic E-state index is 13.2. The predicted octanol–water partition coefficient (Wildman–Crippen LogP) is 3.58. The summed E-state index contributed by atoms with van der Waals surface area (Å²) in [4.78, 5) is 21.6. The normalized spacial score (nSPS) is 17.3. The molecule has 2 atom stereocenters. The van der Waals surface area contributed by atoms with Crippen LogP contribution in [0.5, 0.6) is 5.75 Å². The molecule has 0 amide bonds. The summed E-state index contributed by atoms with van der Waals surface area (Å²) in [6.45, 7) is 4.33. The monoisotopic (exact) mass is 463 g/mol. The Morgan fingerprint density at radius 3 is 2.70 bits per heavy atom. The number of pyridine rings is 1. The SMILES string of the molecule is Cc1nc(N[C@H](C)c2cc(N)cc(C(F)(F)F)c2)c2cc(O[C@H]3CCOC3)c(=O)n(C)c2n1. The lowest BCUT2D eigenvalue weighted by atomic mass is 10.0. The molecule has 3 aromatic rings. The van der Waals surface area contributed by atoms with Crippen LogP contribution in [0.4, 0.5) is 24.7 Å². The maximum Gasteiger partial charge on any atom is 0.416 e. The Bertz CT molecular complexity index is 1250. The van der Waals surface area contributed by atoms with Crippen molar-refractivity contribution in [3.05, 3.63) is 51.6 Å². The molecule has 0 saturated carbocycles. The quantitative estimate of drug-likeness (QED) is 0.558. The number of alkyl halides is 3. The van der Waals surface area contributed by atoms with Crippen molar-refractivity contribution < 1.29 is 22.6 Å². The largest absolute Gasteiger partial charge is 0.482 e. The van der Waals surface area contributed by atoms with Gasteiger partial charge in [0.05, 0.1) is 30.2 Å². The van der Waals surface area contributed by atoms with Crippen LogP contribution in [0.3, 0.4) is 0 Å². The molecular formula is C22H24F3N5O3. The van der Waals surface area contributed by atoms with Crippen molar-refractivity contribution in [1.29, 1.82) is 0 Å². The van der Waals surface area contributed by atoms with Gasteiger partial charge >= 0.3 is 6.18 Å². The van der Waals surface area contributed by atoms with Crippen LogP contribution in [-0.2, 0) is 18.0 Å². The van der Waals surface area contributed by atoms with E-state index in [1.807, 2.05) is 0 Å². The fourth-order valence-electron chi connectivity index (χ4n) is 3.77. The van der Waals surface area contributed by atoms with Gasteiger partial charge in [0.1, 0.15) is 23.4 Å². The third-order valence-electron chi connectivity index (χ3n) is 5.49. The number of nitrogen functional groups attached to an aromatic ring is 1. The number of hydrogen-bond acceptors (Lipinski definition) is 7. The summed E-state index contributed by atoms with van der Waals surface area (Å²) in [6, 6.07) is 4.41. The van der Waals surface area contributed by atoms with E-state index in [9.17, 15) is 18.0 Å². The number of fused-ring (bicyclic) bond motifs is 1. The maximum absolute atomic E-state index is 13.2. The second-order valence-electron chi connectivity index (χ2n) is 8.09. The molecule has 8 nitrogen and oxygen atoms in total. The first kappa shape index (κ1) is 22.8. The van der Waals surface area contributed by atoms with Crippen molar-refractivity contribution in [2.24, 2.45) is 7.05 Å². The highest BCUT2D eigenvalue weighted by atomic mass is 19.4. The van der Waals surface area contributed by atoms with Crippen molar-refractivity contribution in [1.82, 2.24) is 14.5 Å². The molecule has 0 bridgehead atoms. The Hall–Kier alpha value is -3.34. The van der Waals surface area contributed by atoms with E-state index in [1.165, 1.54) is 10.6 Å². The number of rotatable bonds is 5. The molecule has 11 heteroatoms. The van der Waals surface area contributed by atoms with Gasteiger partial charge in [0.25, 0.3) is 5.56 Å². The molecule has 3 N–H and O–H groups in total. The lowest BCUT2D eigenvalue weighted by Crippen LogP contribution is -2.25. The standard InChI is InChI=1S/C22H24F3N5O3/c1-11(13-6-14(22(23,24)25)8-15(26)7-13)27-19-17-9-18(33-16-4-5-32-10-16)21(31)30(3)20(17)29-12(2)28-19/h6-9,11,16H,4-5,10,26H2,1-3H3,(H,27,28,29)/t11-,16+/m1/s1. The van der Waals surface area contributed by atoms with Crippen LogP contribution < -0.4 is 21.3 Å². The second-order valence-corrected chi connectivity index (χ2v) is 8.09. The topological polar surface area (TPSA) is 104 Å². The van der Waals surface area contributed by atoms with Crippen molar-refractivity contribution >= 4 is 22.5 Å². The third kappa shape index (κ3) is 4.72.